The number of unbranched alkanes of at least 4 members (excludes halogenated alkanes) is 4. The highest BCUT2D eigenvalue weighted by molar-refractivity contribution is 5.22. The van der Waals surface area contributed by atoms with Crippen molar-refractivity contribution in [1.82, 2.24) is 0 Å². The lowest BCUT2D eigenvalue weighted by Crippen LogP contribution is -2.68. The predicted octanol–water partition coefficient (Wildman–Crippen LogP) is 6.25. The number of hydrogen-bond donors (Lipinski definition) is 1. The average Bonchev–Trinajstić information content (AvgIpc) is 2.89. The molecule has 0 radical (unpaired) electrons. The van der Waals surface area contributed by atoms with E-state index in [4.69, 9.17) is 23.7 Å². The van der Waals surface area contributed by atoms with Gasteiger partial charge in [0.1, 0.15) is 36.1 Å². The van der Waals surface area contributed by atoms with Crippen LogP contribution in [0.5, 0.6) is 0 Å². The minimum absolute atomic E-state index is 0.335. The second kappa shape index (κ2) is 17.5. The molecule has 0 aliphatic carbocycles. The van der Waals surface area contributed by atoms with Crippen LogP contribution < -0.4 is 0 Å². The molecular weight excluding hydrogens is 456 g/mol. The van der Waals surface area contributed by atoms with Crippen LogP contribution in [-0.4, -0.2) is 68.2 Å². The fourth-order valence-electron chi connectivity index (χ4n) is 4.66. The number of aliphatic hydroxyl groups is 1. The monoisotopic (exact) mass is 508 g/mol. The Morgan fingerprint density at radius 2 is 1.31 bits per heavy atom. The van der Waals surface area contributed by atoms with Gasteiger partial charge in [0.2, 0.25) is 0 Å². The third kappa shape index (κ3) is 9.07. The Balaban J connectivity index is 2.44. The largest absolute Gasteiger partial charge is 0.385 e. The van der Waals surface area contributed by atoms with Gasteiger partial charge in [-0.05, 0) is 38.2 Å². The Morgan fingerprint density at radius 3 is 1.89 bits per heavy atom. The molecule has 1 fully saturated rings. The molecule has 1 aliphatic heterocycles. The number of ether oxygens (including phenoxy) is 5. The molecule has 208 valence electrons. The van der Waals surface area contributed by atoms with Crippen molar-refractivity contribution in [3.63, 3.8) is 0 Å². The Kier molecular flexibility index (Phi) is 15.2. The molecule has 6 atom stereocenters. The maximum absolute atomic E-state index is 11.7. The average molecular weight is 509 g/mol. The number of aliphatic hydroxyl groups excluding tert-OH is 1. The summed E-state index contributed by atoms with van der Waals surface area (Å²) in [4.78, 5) is 0. The first-order valence-corrected chi connectivity index (χ1v) is 14.4. The Bertz CT molecular complexity index is 671. The molecule has 1 heterocycles. The maximum Gasteiger partial charge on any atom is 0.125 e. The summed E-state index contributed by atoms with van der Waals surface area (Å²) in [5.74, 6) is 0. The SMILES string of the molecule is CCCCOC[C@H]1O[C@@](C)(C(O)c2ccccc2)[C@H](OCCCC)[C@@H](OCCCC)[C@@H]1OCCCC. The summed E-state index contributed by atoms with van der Waals surface area (Å²) in [6.07, 6.45) is 5.57. The van der Waals surface area contributed by atoms with Crippen molar-refractivity contribution in [1.29, 1.82) is 0 Å². The lowest BCUT2D eigenvalue weighted by Gasteiger charge is -2.53. The molecule has 1 aliphatic rings. The molecule has 6 nitrogen and oxygen atoms in total. The zero-order valence-corrected chi connectivity index (χ0v) is 23.5. The lowest BCUT2D eigenvalue weighted by atomic mass is 9.79. The van der Waals surface area contributed by atoms with Gasteiger partial charge in [-0.3, -0.25) is 0 Å². The van der Waals surface area contributed by atoms with Crippen LogP contribution in [0.25, 0.3) is 0 Å². The van der Waals surface area contributed by atoms with Crippen LogP contribution in [0.1, 0.15) is 97.7 Å². The first-order chi connectivity index (χ1) is 17.5. The first-order valence-electron chi connectivity index (χ1n) is 14.4. The van der Waals surface area contributed by atoms with Gasteiger partial charge in [-0.2, -0.15) is 0 Å². The van der Waals surface area contributed by atoms with Gasteiger partial charge in [-0.15, -0.1) is 0 Å². The van der Waals surface area contributed by atoms with Gasteiger partial charge in [0.25, 0.3) is 0 Å². The van der Waals surface area contributed by atoms with E-state index in [9.17, 15) is 5.11 Å². The summed E-state index contributed by atoms with van der Waals surface area (Å²) < 4.78 is 32.4. The Morgan fingerprint density at radius 1 is 0.778 bits per heavy atom. The van der Waals surface area contributed by atoms with Crippen molar-refractivity contribution in [3.8, 4) is 0 Å². The summed E-state index contributed by atoms with van der Waals surface area (Å²) >= 11 is 0. The van der Waals surface area contributed by atoms with Crippen LogP contribution in [0.15, 0.2) is 30.3 Å². The smallest absolute Gasteiger partial charge is 0.125 e. The Hall–Kier alpha value is -1.02. The summed E-state index contributed by atoms with van der Waals surface area (Å²) in [5, 5.41) is 11.7. The Labute approximate surface area is 220 Å². The topological polar surface area (TPSA) is 66.4 Å². The minimum Gasteiger partial charge on any atom is -0.385 e. The van der Waals surface area contributed by atoms with Crippen LogP contribution in [0.3, 0.4) is 0 Å². The first kappa shape index (κ1) is 31.2. The number of rotatable bonds is 19. The standard InChI is InChI=1S/C30H52O6/c1-6-10-19-32-23-25-26(33-20-11-7-2)27(34-21-12-8-3)29(35-22-13-9-4)30(5,36-25)28(31)24-17-15-14-16-18-24/h14-18,25-29,31H,6-13,19-23H2,1-5H3/t25-,26-,27+,28?,29-,30+/m1/s1. The van der Waals surface area contributed by atoms with Crippen LogP contribution in [0.2, 0.25) is 0 Å². The van der Waals surface area contributed by atoms with Gasteiger partial charge >= 0.3 is 0 Å². The van der Waals surface area contributed by atoms with E-state index in [1.165, 1.54) is 0 Å². The highest BCUT2D eigenvalue weighted by atomic mass is 16.6. The van der Waals surface area contributed by atoms with Crippen molar-refractivity contribution in [2.45, 2.75) is 122 Å². The molecule has 2 rings (SSSR count). The third-order valence-electron chi connectivity index (χ3n) is 6.95. The van der Waals surface area contributed by atoms with E-state index in [2.05, 4.69) is 27.7 Å². The van der Waals surface area contributed by atoms with E-state index < -0.39 is 17.8 Å². The zero-order chi connectivity index (χ0) is 26.2. The molecule has 1 aromatic carbocycles. The molecule has 36 heavy (non-hydrogen) atoms. The van der Waals surface area contributed by atoms with Crippen molar-refractivity contribution in [3.05, 3.63) is 35.9 Å². The molecule has 0 saturated carbocycles. The molecule has 1 saturated heterocycles. The molecule has 0 amide bonds. The molecule has 6 heteroatoms. The van der Waals surface area contributed by atoms with Crippen molar-refractivity contribution in [2.24, 2.45) is 0 Å². The molecule has 1 aromatic rings. The summed E-state index contributed by atoms with van der Waals surface area (Å²) in [6.45, 7) is 13.5. The normalized spacial score (nSPS) is 27.3. The third-order valence-corrected chi connectivity index (χ3v) is 6.95. The van der Waals surface area contributed by atoms with Gasteiger partial charge in [0, 0.05) is 26.4 Å². The maximum atomic E-state index is 11.7. The minimum atomic E-state index is -1.03. The van der Waals surface area contributed by atoms with Gasteiger partial charge in [0.15, 0.2) is 0 Å². The van der Waals surface area contributed by atoms with E-state index in [-0.39, 0.29) is 18.3 Å². The quantitative estimate of drug-likeness (QED) is 0.223. The molecular formula is C30H52O6. The van der Waals surface area contributed by atoms with Crippen LogP contribution in [0, 0.1) is 0 Å². The molecule has 1 N–H and O–H groups in total. The molecule has 0 bridgehead atoms. The van der Waals surface area contributed by atoms with Crippen LogP contribution in [0.4, 0.5) is 0 Å². The molecule has 0 aromatic heterocycles. The second-order valence-electron chi connectivity index (χ2n) is 10.1. The molecule has 0 spiro atoms. The lowest BCUT2D eigenvalue weighted by molar-refractivity contribution is -0.318. The van der Waals surface area contributed by atoms with Gasteiger partial charge in [0.05, 0.1) is 6.61 Å². The van der Waals surface area contributed by atoms with Gasteiger partial charge in [-0.25, -0.2) is 0 Å². The predicted molar refractivity (Wildman–Crippen MR) is 144 cm³/mol. The van der Waals surface area contributed by atoms with E-state index in [0.717, 1.165) is 56.9 Å². The van der Waals surface area contributed by atoms with E-state index in [1.807, 2.05) is 37.3 Å². The van der Waals surface area contributed by atoms with Crippen LogP contribution >= 0.6 is 0 Å². The highest BCUT2D eigenvalue weighted by Crippen LogP contribution is 2.43. The van der Waals surface area contributed by atoms with E-state index in [1.54, 1.807) is 0 Å². The highest BCUT2D eigenvalue weighted by Gasteiger charge is 2.57. The van der Waals surface area contributed by atoms with E-state index >= 15 is 0 Å². The fraction of sp³-hybridized carbons (Fsp3) is 0.800. The summed E-state index contributed by atoms with van der Waals surface area (Å²) in [6, 6.07) is 9.70. The zero-order valence-electron chi connectivity index (χ0n) is 23.5. The van der Waals surface area contributed by atoms with Crippen molar-refractivity contribution >= 4 is 0 Å². The van der Waals surface area contributed by atoms with Gasteiger partial charge < -0.3 is 28.8 Å². The van der Waals surface area contributed by atoms with Crippen LogP contribution in [-0.2, 0) is 23.7 Å². The second-order valence-corrected chi connectivity index (χ2v) is 10.1. The van der Waals surface area contributed by atoms with Crippen molar-refractivity contribution in [2.75, 3.05) is 33.0 Å². The number of hydrogen-bond acceptors (Lipinski definition) is 6. The van der Waals surface area contributed by atoms with E-state index in [0.29, 0.717) is 33.0 Å². The summed E-state index contributed by atoms with van der Waals surface area (Å²) in [7, 11) is 0. The van der Waals surface area contributed by atoms with Gasteiger partial charge in [-0.1, -0.05) is 83.7 Å². The summed E-state index contributed by atoms with van der Waals surface area (Å²) in [5.41, 5.74) is -0.234. The van der Waals surface area contributed by atoms with Crippen molar-refractivity contribution < 1.29 is 28.8 Å². The number of benzene rings is 1. The fourth-order valence-corrected chi connectivity index (χ4v) is 4.66. The molecule has 1 unspecified atom stereocenters.